The Balaban J connectivity index is 1.76. The van der Waals surface area contributed by atoms with Crippen LogP contribution in [-0.2, 0) is 13.1 Å². The van der Waals surface area contributed by atoms with Crippen molar-refractivity contribution in [2.75, 3.05) is 17.2 Å². The molecule has 0 spiro atoms. The molecule has 0 aliphatic carbocycles. The van der Waals surface area contributed by atoms with E-state index in [4.69, 9.17) is 17.3 Å². The minimum atomic E-state index is -0.540. The highest BCUT2D eigenvalue weighted by atomic mass is 35.5. The van der Waals surface area contributed by atoms with Gasteiger partial charge < -0.3 is 10.6 Å². The van der Waals surface area contributed by atoms with Crippen LogP contribution in [0.4, 0.5) is 11.5 Å². The van der Waals surface area contributed by atoms with Crippen molar-refractivity contribution in [2.45, 2.75) is 33.4 Å². The zero-order valence-corrected chi connectivity index (χ0v) is 19.4. The summed E-state index contributed by atoms with van der Waals surface area (Å²) in [4.78, 5) is 34.3. The van der Waals surface area contributed by atoms with Gasteiger partial charge in [-0.2, -0.15) is 0 Å². The molecule has 0 aliphatic heterocycles. The van der Waals surface area contributed by atoms with E-state index in [-0.39, 0.29) is 18.1 Å². The summed E-state index contributed by atoms with van der Waals surface area (Å²) in [5.74, 6) is 0.126. The number of aromatic nitrogens is 3. The highest BCUT2D eigenvalue weighted by molar-refractivity contribution is 6.30. The number of hydrogen-bond donors (Lipinski definition) is 2. The molecule has 2 aromatic heterocycles. The van der Waals surface area contributed by atoms with Crippen LogP contribution in [0.25, 0.3) is 10.9 Å². The van der Waals surface area contributed by atoms with Crippen LogP contribution in [0, 0.1) is 6.92 Å². The van der Waals surface area contributed by atoms with Crippen molar-refractivity contribution >= 4 is 34.0 Å². The number of benzene rings is 2. The lowest BCUT2D eigenvalue weighted by atomic mass is 10.1. The molecule has 4 aromatic rings. The zero-order chi connectivity index (χ0) is 23.5. The summed E-state index contributed by atoms with van der Waals surface area (Å²) < 4.78 is 1.39. The largest absolute Gasteiger partial charge is 0.383 e. The molecular formula is C25H26ClN5O2. The van der Waals surface area contributed by atoms with E-state index in [9.17, 15) is 9.59 Å². The molecule has 0 saturated heterocycles. The molecular weight excluding hydrogens is 438 g/mol. The monoisotopic (exact) mass is 463 g/mol. The number of nitrogens with two attached hydrogens (primary N) is 1. The number of anilines is 2. The molecule has 0 saturated carbocycles. The van der Waals surface area contributed by atoms with Crippen molar-refractivity contribution in [3.05, 3.63) is 97.3 Å². The lowest BCUT2D eigenvalue weighted by Crippen LogP contribution is -2.38. The third-order valence-electron chi connectivity index (χ3n) is 5.57. The SMILES string of the molecule is CCCN(Cc1cc2ccc(C)cc2nc1Cl)c1c(N)n(Cc2ccccc2)c(=O)[nH]c1=O. The maximum atomic E-state index is 12.9. The Bertz CT molecular complexity index is 1410. The summed E-state index contributed by atoms with van der Waals surface area (Å²) >= 11 is 6.52. The van der Waals surface area contributed by atoms with Gasteiger partial charge >= 0.3 is 5.69 Å². The van der Waals surface area contributed by atoms with Crippen molar-refractivity contribution < 1.29 is 0 Å². The molecule has 2 aromatic carbocycles. The number of pyridine rings is 1. The van der Waals surface area contributed by atoms with Gasteiger partial charge in [0.25, 0.3) is 5.56 Å². The summed E-state index contributed by atoms with van der Waals surface area (Å²) in [5.41, 5.74) is 9.22. The smallest absolute Gasteiger partial charge is 0.330 e. The van der Waals surface area contributed by atoms with Gasteiger partial charge in [-0.1, -0.05) is 61.0 Å². The maximum absolute atomic E-state index is 12.9. The molecule has 7 nitrogen and oxygen atoms in total. The molecule has 0 radical (unpaired) electrons. The predicted molar refractivity (Wildman–Crippen MR) is 134 cm³/mol. The number of hydrogen-bond acceptors (Lipinski definition) is 5. The maximum Gasteiger partial charge on any atom is 0.330 e. The lowest BCUT2D eigenvalue weighted by Gasteiger charge is -2.26. The number of nitrogens with one attached hydrogen (secondary N) is 1. The molecule has 2 heterocycles. The van der Waals surface area contributed by atoms with E-state index in [1.54, 1.807) is 0 Å². The van der Waals surface area contributed by atoms with Crippen LogP contribution in [0.3, 0.4) is 0 Å². The molecule has 0 fully saturated rings. The minimum Gasteiger partial charge on any atom is -0.383 e. The number of H-pyrrole nitrogens is 1. The van der Waals surface area contributed by atoms with Gasteiger partial charge in [-0.05, 0) is 36.6 Å². The van der Waals surface area contributed by atoms with Gasteiger partial charge in [-0.3, -0.25) is 14.3 Å². The topological polar surface area (TPSA) is 97.0 Å². The van der Waals surface area contributed by atoms with E-state index in [1.807, 2.05) is 73.3 Å². The second-order valence-electron chi connectivity index (χ2n) is 8.12. The van der Waals surface area contributed by atoms with Crippen LogP contribution in [0.1, 0.15) is 30.0 Å². The number of fused-ring (bicyclic) bond motifs is 1. The Morgan fingerprint density at radius 3 is 2.61 bits per heavy atom. The van der Waals surface area contributed by atoms with Crippen molar-refractivity contribution in [3.63, 3.8) is 0 Å². The summed E-state index contributed by atoms with van der Waals surface area (Å²) in [6, 6.07) is 17.5. The fourth-order valence-electron chi connectivity index (χ4n) is 3.96. The summed E-state index contributed by atoms with van der Waals surface area (Å²) in [6.07, 6.45) is 0.772. The fraction of sp³-hybridized carbons (Fsp3) is 0.240. The first-order valence-electron chi connectivity index (χ1n) is 10.8. The normalized spacial score (nSPS) is 11.1. The van der Waals surface area contributed by atoms with Crippen LogP contribution >= 0.6 is 11.6 Å². The molecule has 0 aliphatic rings. The third-order valence-corrected chi connectivity index (χ3v) is 5.90. The van der Waals surface area contributed by atoms with Crippen molar-refractivity contribution in [1.29, 1.82) is 0 Å². The minimum absolute atomic E-state index is 0.126. The third kappa shape index (κ3) is 4.78. The van der Waals surface area contributed by atoms with E-state index in [2.05, 4.69) is 9.97 Å². The van der Waals surface area contributed by atoms with Gasteiger partial charge in [0.1, 0.15) is 16.7 Å². The fourth-order valence-corrected chi connectivity index (χ4v) is 4.17. The Morgan fingerprint density at radius 2 is 1.88 bits per heavy atom. The van der Waals surface area contributed by atoms with Gasteiger partial charge in [-0.15, -0.1) is 0 Å². The average Bonchev–Trinajstić information content (AvgIpc) is 2.78. The second kappa shape index (κ2) is 9.50. The molecule has 0 unspecified atom stereocenters. The number of nitrogens with zero attached hydrogens (tertiary/aromatic N) is 3. The Kier molecular flexibility index (Phi) is 6.51. The first-order valence-corrected chi connectivity index (χ1v) is 11.2. The van der Waals surface area contributed by atoms with E-state index < -0.39 is 11.2 Å². The van der Waals surface area contributed by atoms with Gasteiger partial charge in [0.05, 0.1) is 12.1 Å². The molecule has 3 N–H and O–H groups in total. The predicted octanol–water partition coefficient (Wildman–Crippen LogP) is 4.09. The van der Waals surface area contributed by atoms with E-state index in [0.29, 0.717) is 18.2 Å². The Hall–Kier alpha value is -3.58. The standard InChI is InChI=1S/C25H26ClN5O2/c1-3-11-30(15-19-13-18-10-9-16(2)12-20(18)28-22(19)26)21-23(27)31(25(33)29-24(21)32)14-17-7-5-4-6-8-17/h4-10,12-13H,3,11,14-15,27H2,1-2H3,(H,29,32,33). The van der Waals surface area contributed by atoms with Crippen LogP contribution in [0.15, 0.2) is 64.2 Å². The number of aromatic amines is 1. The number of aryl methyl sites for hydroxylation is 1. The van der Waals surface area contributed by atoms with Crippen molar-refractivity contribution in [3.8, 4) is 0 Å². The Morgan fingerprint density at radius 1 is 1.12 bits per heavy atom. The van der Waals surface area contributed by atoms with Crippen LogP contribution in [0.5, 0.6) is 0 Å². The molecule has 33 heavy (non-hydrogen) atoms. The quantitative estimate of drug-likeness (QED) is 0.402. The number of rotatable bonds is 7. The average molecular weight is 464 g/mol. The Labute approximate surface area is 196 Å². The molecule has 170 valence electrons. The highest BCUT2D eigenvalue weighted by Crippen LogP contribution is 2.26. The molecule has 8 heteroatoms. The van der Waals surface area contributed by atoms with Crippen LogP contribution in [-0.4, -0.2) is 21.1 Å². The molecule has 0 bridgehead atoms. The van der Waals surface area contributed by atoms with Crippen LogP contribution in [0.2, 0.25) is 5.15 Å². The van der Waals surface area contributed by atoms with Crippen molar-refractivity contribution in [1.82, 2.24) is 14.5 Å². The number of halogens is 1. The summed E-state index contributed by atoms with van der Waals surface area (Å²) in [6.45, 7) is 5.16. The number of nitrogen functional groups attached to an aromatic ring is 1. The summed E-state index contributed by atoms with van der Waals surface area (Å²) in [7, 11) is 0. The van der Waals surface area contributed by atoms with Gasteiger partial charge in [0, 0.05) is 24.0 Å². The first-order chi connectivity index (χ1) is 15.9. The first kappa shape index (κ1) is 22.6. The van der Waals surface area contributed by atoms with Gasteiger partial charge in [0.2, 0.25) is 0 Å². The second-order valence-corrected chi connectivity index (χ2v) is 8.48. The van der Waals surface area contributed by atoms with E-state index in [0.717, 1.165) is 34.0 Å². The molecule has 0 atom stereocenters. The highest BCUT2D eigenvalue weighted by Gasteiger charge is 2.20. The molecule has 0 amide bonds. The molecule has 4 rings (SSSR count). The van der Waals surface area contributed by atoms with Crippen LogP contribution < -0.4 is 21.9 Å². The van der Waals surface area contributed by atoms with Crippen molar-refractivity contribution in [2.24, 2.45) is 0 Å². The van der Waals surface area contributed by atoms with E-state index >= 15 is 0 Å². The lowest BCUT2D eigenvalue weighted by molar-refractivity contribution is 0.706. The summed E-state index contributed by atoms with van der Waals surface area (Å²) in [5, 5.41) is 1.34. The van der Waals surface area contributed by atoms with Gasteiger partial charge in [-0.25, -0.2) is 9.78 Å². The van der Waals surface area contributed by atoms with Gasteiger partial charge in [0.15, 0.2) is 0 Å². The van der Waals surface area contributed by atoms with E-state index in [1.165, 1.54) is 4.57 Å². The zero-order valence-electron chi connectivity index (χ0n) is 18.6.